The number of aryl methyl sites for hydroxylation is 1. The molecule has 1 aliphatic rings. The van der Waals surface area contributed by atoms with Crippen molar-refractivity contribution in [3.8, 4) is 0 Å². The summed E-state index contributed by atoms with van der Waals surface area (Å²) in [6.45, 7) is 0.379. The molecule has 0 radical (unpaired) electrons. The highest BCUT2D eigenvalue weighted by Crippen LogP contribution is 2.34. The lowest BCUT2D eigenvalue weighted by molar-refractivity contribution is 0.0989. The molecule has 4 nitrogen and oxygen atoms in total. The largest absolute Gasteiger partial charge is 0.294 e. The lowest BCUT2D eigenvalue weighted by Crippen LogP contribution is -2.35. The molecule has 2 heterocycles. The van der Waals surface area contributed by atoms with Crippen LogP contribution in [-0.2, 0) is 22.9 Å². The van der Waals surface area contributed by atoms with Crippen molar-refractivity contribution in [3.05, 3.63) is 81.4 Å². The van der Waals surface area contributed by atoms with Gasteiger partial charge >= 0.3 is 0 Å². The molecule has 0 spiro atoms. The third kappa shape index (κ3) is 3.82. The Hall–Kier alpha value is -2.22. The second-order valence-corrected chi connectivity index (χ2v) is 10.2. The molecular weight excluding hydrogens is 433 g/mol. The number of carbonyl (C=O) groups excluding carboxylic acids is 1. The Balaban J connectivity index is 1.68. The fourth-order valence-electron chi connectivity index (χ4n) is 3.50. The molecule has 0 amide bonds. The monoisotopic (exact) mass is 449 g/mol. The van der Waals surface area contributed by atoms with E-state index in [2.05, 4.69) is 0 Å². The number of nitrogens with zero attached hydrogens (tertiary/aromatic N) is 1. The topological polar surface area (TPSA) is 54.5 Å². The van der Waals surface area contributed by atoms with Gasteiger partial charge in [0.2, 0.25) is 0 Å². The van der Waals surface area contributed by atoms with Crippen LogP contribution >= 0.6 is 22.9 Å². The van der Waals surface area contributed by atoms with E-state index >= 15 is 0 Å². The maximum absolute atomic E-state index is 14.1. The van der Waals surface area contributed by atoms with E-state index in [1.54, 1.807) is 29.6 Å². The highest BCUT2D eigenvalue weighted by Gasteiger charge is 2.30. The molecule has 1 aromatic heterocycles. The molecule has 0 fully saturated rings. The second kappa shape index (κ2) is 7.89. The number of carbonyl (C=O) groups is 1. The molecule has 0 unspecified atom stereocenters. The molecular formula is C21H17ClFNO3S2. The van der Waals surface area contributed by atoms with Crippen molar-refractivity contribution in [2.45, 2.75) is 23.5 Å². The van der Waals surface area contributed by atoms with Gasteiger partial charge in [-0.05, 0) is 53.6 Å². The summed E-state index contributed by atoms with van der Waals surface area (Å²) in [7, 11) is -3.66. The minimum absolute atomic E-state index is 0.0647. The summed E-state index contributed by atoms with van der Waals surface area (Å²) in [5.74, 6) is -1.11. The van der Waals surface area contributed by atoms with Crippen LogP contribution in [0.15, 0.2) is 58.1 Å². The average Bonchev–Trinajstić information content (AvgIpc) is 3.23. The molecule has 150 valence electrons. The van der Waals surface area contributed by atoms with E-state index in [0.717, 1.165) is 18.4 Å². The van der Waals surface area contributed by atoms with Crippen molar-refractivity contribution in [2.75, 3.05) is 10.8 Å². The number of sulfonamides is 1. The van der Waals surface area contributed by atoms with Crippen LogP contribution in [0, 0.1) is 5.82 Å². The number of anilines is 1. The number of benzene rings is 2. The number of hydrogen-bond donors (Lipinski definition) is 0. The Bertz CT molecular complexity index is 1160. The fourth-order valence-corrected chi connectivity index (χ4v) is 6.41. The highest BCUT2D eigenvalue weighted by molar-refractivity contribution is 7.94. The number of Topliss-reactive ketones (excluding diaryl/α,β-unsaturated/α-hetero) is 1. The molecule has 8 heteroatoms. The van der Waals surface area contributed by atoms with Crippen LogP contribution in [0.1, 0.15) is 27.9 Å². The number of ketones is 1. The van der Waals surface area contributed by atoms with Crippen LogP contribution in [0.3, 0.4) is 0 Å². The van der Waals surface area contributed by atoms with E-state index in [4.69, 9.17) is 11.6 Å². The number of hydrogen-bond acceptors (Lipinski definition) is 4. The SMILES string of the molecule is O=C(Cc1ccc2c(c1)N(S(=O)(=O)c1cccs1)CCC2)c1c(F)cccc1Cl. The third-order valence-corrected chi connectivity index (χ3v) is 8.37. The molecule has 0 aliphatic carbocycles. The van der Waals surface area contributed by atoms with Crippen molar-refractivity contribution in [1.29, 1.82) is 0 Å². The molecule has 4 rings (SSSR count). The van der Waals surface area contributed by atoms with Crippen molar-refractivity contribution in [2.24, 2.45) is 0 Å². The standard InChI is InChI=1S/C21H17ClFNO3S2/c22-16-5-1-6-17(23)21(16)19(25)13-14-8-9-15-4-2-10-24(18(15)12-14)29(26,27)20-7-3-11-28-20/h1,3,5-9,11-12H,2,4,10,13H2. The predicted molar refractivity (Wildman–Crippen MR) is 113 cm³/mol. The van der Waals surface area contributed by atoms with Crippen LogP contribution in [-0.4, -0.2) is 20.7 Å². The minimum Gasteiger partial charge on any atom is -0.294 e. The zero-order valence-electron chi connectivity index (χ0n) is 15.3. The fraction of sp³-hybridized carbons (Fsp3) is 0.190. The Kier molecular flexibility index (Phi) is 5.46. The normalized spacial score (nSPS) is 13.9. The summed E-state index contributed by atoms with van der Waals surface area (Å²) >= 11 is 7.17. The van der Waals surface area contributed by atoms with Crippen molar-refractivity contribution < 1.29 is 17.6 Å². The molecule has 0 saturated carbocycles. The van der Waals surface area contributed by atoms with Crippen LogP contribution < -0.4 is 4.31 Å². The van der Waals surface area contributed by atoms with Crippen LogP contribution in [0.4, 0.5) is 10.1 Å². The Morgan fingerprint density at radius 3 is 2.72 bits per heavy atom. The van der Waals surface area contributed by atoms with Gasteiger partial charge in [0.1, 0.15) is 10.0 Å². The van der Waals surface area contributed by atoms with Gasteiger partial charge in [-0.3, -0.25) is 9.10 Å². The van der Waals surface area contributed by atoms with Gasteiger partial charge in [-0.25, -0.2) is 12.8 Å². The van der Waals surface area contributed by atoms with Crippen LogP contribution in [0.2, 0.25) is 5.02 Å². The summed E-state index contributed by atoms with van der Waals surface area (Å²) in [5, 5.41) is 1.79. The van der Waals surface area contributed by atoms with Gasteiger partial charge in [0.05, 0.1) is 16.3 Å². The van der Waals surface area contributed by atoms with Crippen molar-refractivity contribution in [1.82, 2.24) is 0 Å². The maximum Gasteiger partial charge on any atom is 0.273 e. The van der Waals surface area contributed by atoms with Gasteiger partial charge in [-0.2, -0.15) is 0 Å². The average molecular weight is 450 g/mol. The first-order chi connectivity index (χ1) is 13.9. The molecule has 0 bridgehead atoms. The van der Waals surface area contributed by atoms with Gasteiger partial charge < -0.3 is 0 Å². The Morgan fingerprint density at radius 2 is 2.00 bits per heavy atom. The van der Waals surface area contributed by atoms with E-state index < -0.39 is 21.6 Å². The first-order valence-corrected chi connectivity index (χ1v) is 11.7. The molecule has 0 atom stereocenters. The van der Waals surface area contributed by atoms with Gasteiger partial charge in [-0.1, -0.05) is 35.9 Å². The maximum atomic E-state index is 14.1. The van der Waals surface area contributed by atoms with Crippen LogP contribution in [0.5, 0.6) is 0 Å². The van der Waals surface area contributed by atoms with Gasteiger partial charge in [0.25, 0.3) is 10.0 Å². The lowest BCUT2D eigenvalue weighted by Gasteiger charge is -2.30. The Labute approximate surface area is 177 Å². The van der Waals surface area contributed by atoms with Gasteiger partial charge in [0, 0.05) is 13.0 Å². The predicted octanol–water partition coefficient (Wildman–Crippen LogP) is 5.11. The smallest absolute Gasteiger partial charge is 0.273 e. The first-order valence-electron chi connectivity index (χ1n) is 9.03. The number of rotatable bonds is 5. The highest BCUT2D eigenvalue weighted by atomic mass is 35.5. The van der Waals surface area contributed by atoms with Gasteiger partial charge in [0.15, 0.2) is 5.78 Å². The molecule has 2 aromatic carbocycles. The van der Waals surface area contributed by atoms with Gasteiger partial charge in [-0.15, -0.1) is 11.3 Å². The molecule has 29 heavy (non-hydrogen) atoms. The number of halogens is 2. The quantitative estimate of drug-likeness (QED) is 0.509. The van der Waals surface area contributed by atoms with E-state index in [1.807, 2.05) is 6.07 Å². The van der Waals surface area contributed by atoms with E-state index in [9.17, 15) is 17.6 Å². The summed E-state index contributed by atoms with van der Waals surface area (Å²) in [4.78, 5) is 12.6. The minimum atomic E-state index is -3.66. The summed E-state index contributed by atoms with van der Waals surface area (Å²) in [5.41, 5.74) is 1.96. The van der Waals surface area contributed by atoms with Crippen LogP contribution in [0.25, 0.3) is 0 Å². The molecule has 1 aliphatic heterocycles. The summed E-state index contributed by atoms with van der Waals surface area (Å²) < 4.78 is 41.9. The summed E-state index contributed by atoms with van der Waals surface area (Å²) in [6, 6.07) is 12.7. The van der Waals surface area contributed by atoms with E-state index in [0.29, 0.717) is 17.8 Å². The zero-order chi connectivity index (χ0) is 20.6. The summed E-state index contributed by atoms with van der Waals surface area (Å²) in [6.07, 6.45) is 1.42. The molecule has 0 N–H and O–H groups in total. The Morgan fingerprint density at radius 1 is 1.17 bits per heavy atom. The lowest BCUT2D eigenvalue weighted by atomic mass is 9.97. The number of thiophene rings is 1. The molecule has 3 aromatic rings. The van der Waals surface area contributed by atoms with E-state index in [-0.39, 0.29) is 21.2 Å². The van der Waals surface area contributed by atoms with Crippen molar-refractivity contribution in [3.63, 3.8) is 0 Å². The second-order valence-electron chi connectivity index (χ2n) is 6.77. The third-order valence-electron chi connectivity index (χ3n) is 4.87. The van der Waals surface area contributed by atoms with Crippen molar-refractivity contribution >= 4 is 44.4 Å². The first kappa shape index (κ1) is 20.1. The molecule has 0 saturated heterocycles. The number of fused-ring (bicyclic) bond motifs is 1. The zero-order valence-corrected chi connectivity index (χ0v) is 17.7. The van der Waals surface area contributed by atoms with E-state index in [1.165, 1.54) is 33.8 Å².